The molecule has 3 aromatic rings. The highest BCUT2D eigenvalue weighted by Gasteiger charge is 2.38. The van der Waals surface area contributed by atoms with Crippen molar-refractivity contribution in [3.05, 3.63) is 77.9 Å². The molecule has 0 saturated heterocycles. The van der Waals surface area contributed by atoms with Crippen LogP contribution in [0.2, 0.25) is 0 Å². The molecule has 0 fully saturated rings. The van der Waals surface area contributed by atoms with Crippen LogP contribution in [0.5, 0.6) is 5.75 Å². The Bertz CT molecular complexity index is 1580. The predicted molar refractivity (Wildman–Crippen MR) is 149 cm³/mol. The molecule has 0 aliphatic carbocycles. The van der Waals surface area contributed by atoms with E-state index in [-0.39, 0.29) is 29.4 Å². The number of likely N-dealkylation sites (N-methyl/N-ethyl adjacent to an activating group) is 1. The van der Waals surface area contributed by atoms with Gasteiger partial charge in [0.1, 0.15) is 28.4 Å². The molecule has 0 spiro atoms. The summed E-state index contributed by atoms with van der Waals surface area (Å²) in [6.45, 7) is 2.94. The van der Waals surface area contributed by atoms with Crippen LogP contribution in [-0.4, -0.2) is 67.7 Å². The molecule has 1 heterocycles. The molecule has 1 aliphatic heterocycles. The van der Waals surface area contributed by atoms with Gasteiger partial charge in [-0.05, 0) is 54.4 Å². The molecule has 0 radical (unpaired) electrons. The summed E-state index contributed by atoms with van der Waals surface area (Å²) in [5, 5.41) is 21.3. The van der Waals surface area contributed by atoms with Crippen LogP contribution < -0.4 is 10.1 Å². The third-order valence-corrected chi connectivity index (χ3v) is 9.00. The Morgan fingerprint density at radius 1 is 1.17 bits per heavy atom. The summed E-state index contributed by atoms with van der Waals surface area (Å²) < 4.78 is 62.6. The first-order valence-corrected chi connectivity index (χ1v) is 14.3. The largest absolute Gasteiger partial charge is 0.487 e. The zero-order valence-electron chi connectivity index (χ0n) is 22.7. The number of aliphatic hydroxyl groups excluding tert-OH is 1. The number of carbonyl (C=O) groups excluding carboxylic acids is 1. The summed E-state index contributed by atoms with van der Waals surface area (Å²) in [5.41, 5.74) is 1.53. The first-order valence-electron chi connectivity index (χ1n) is 12.9. The molecule has 216 valence electrons. The van der Waals surface area contributed by atoms with Crippen molar-refractivity contribution in [2.24, 2.45) is 5.92 Å². The zero-order chi connectivity index (χ0) is 29.9. The topological polar surface area (TPSA) is 123 Å². The number of hydrogen-bond donors (Lipinski definition) is 2. The minimum Gasteiger partial charge on any atom is -0.487 e. The Labute approximate surface area is 237 Å². The van der Waals surface area contributed by atoms with Crippen molar-refractivity contribution < 1.29 is 31.8 Å². The number of fused-ring (bicyclic) bond motifs is 1. The van der Waals surface area contributed by atoms with Crippen molar-refractivity contribution in [2.75, 3.05) is 32.1 Å². The lowest BCUT2D eigenvalue weighted by molar-refractivity contribution is 0.0830. The number of urea groups is 1. The van der Waals surface area contributed by atoms with E-state index in [0.717, 1.165) is 23.8 Å². The average Bonchev–Trinajstić information content (AvgIpc) is 2.96. The smallest absolute Gasteiger partial charge is 0.321 e. The normalized spacial score (nSPS) is 19.0. The highest BCUT2D eigenvalue weighted by Crippen LogP contribution is 2.36. The zero-order valence-corrected chi connectivity index (χ0v) is 23.5. The minimum absolute atomic E-state index is 0.000473. The molecule has 0 saturated carbocycles. The van der Waals surface area contributed by atoms with E-state index in [0.29, 0.717) is 11.1 Å². The van der Waals surface area contributed by atoms with Gasteiger partial charge in [-0.1, -0.05) is 25.1 Å². The van der Waals surface area contributed by atoms with Gasteiger partial charge >= 0.3 is 6.03 Å². The van der Waals surface area contributed by atoms with Crippen molar-refractivity contribution in [3.8, 4) is 22.9 Å². The second-order valence-corrected chi connectivity index (χ2v) is 11.9. The quantitative estimate of drug-likeness (QED) is 0.442. The van der Waals surface area contributed by atoms with Crippen LogP contribution in [0.15, 0.2) is 65.6 Å². The number of sulfonamides is 1. The van der Waals surface area contributed by atoms with E-state index in [2.05, 4.69) is 11.4 Å². The fourth-order valence-electron chi connectivity index (χ4n) is 4.52. The summed E-state index contributed by atoms with van der Waals surface area (Å²) in [4.78, 5) is 14.0. The number of rotatable bonds is 6. The molecule has 0 aromatic heterocycles. The first-order chi connectivity index (χ1) is 19.4. The summed E-state index contributed by atoms with van der Waals surface area (Å²) in [7, 11) is -2.62. The van der Waals surface area contributed by atoms with E-state index < -0.39 is 52.4 Å². The van der Waals surface area contributed by atoms with E-state index in [1.165, 1.54) is 22.3 Å². The second-order valence-electron chi connectivity index (χ2n) is 10.0. The van der Waals surface area contributed by atoms with Crippen molar-refractivity contribution in [3.63, 3.8) is 0 Å². The lowest BCUT2D eigenvalue weighted by Gasteiger charge is -2.37. The number of halogens is 2. The standard InChI is InChI=1S/C29H30F2N4O5S/c1-18-15-35(19(2)17-36)41(38,39)28-11-8-22(21-6-4-20(14-32)5-7-21)12-26(28)40-27(18)16-34(3)29(37)33-25-13-23(30)9-10-24(25)31/h4-13,18-19,27,36H,15-17H2,1-3H3,(H,33,37)/t18-,19-,27-/m0/s1. The van der Waals surface area contributed by atoms with Gasteiger partial charge in [-0.15, -0.1) is 0 Å². The summed E-state index contributed by atoms with van der Waals surface area (Å²) >= 11 is 0. The molecule has 0 unspecified atom stereocenters. The van der Waals surface area contributed by atoms with Crippen LogP contribution in [0, 0.1) is 28.9 Å². The Balaban J connectivity index is 1.69. The van der Waals surface area contributed by atoms with Crippen LogP contribution in [0.3, 0.4) is 0 Å². The van der Waals surface area contributed by atoms with Crippen molar-refractivity contribution in [1.82, 2.24) is 9.21 Å². The molecular weight excluding hydrogens is 554 g/mol. The molecule has 2 amide bonds. The van der Waals surface area contributed by atoms with Gasteiger partial charge in [0.15, 0.2) is 0 Å². The Kier molecular flexibility index (Phi) is 8.92. The molecule has 3 aromatic carbocycles. The van der Waals surface area contributed by atoms with Crippen LogP contribution in [-0.2, 0) is 10.0 Å². The summed E-state index contributed by atoms with van der Waals surface area (Å²) in [5.74, 6) is -1.91. The highest BCUT2D eigenvalue weighted by molar-refractivity contribution is 7.89. The average molecular weight is 585 g/mol. The van der Waals surface area contributed by atoms with Crippen LogP contribution >= 0.6 is 0 Å². The molecule has 9 nitrogen and oxygen atoms in total. The number of ether oxygens (including phenoxy) is 1. The van der Waals surface area contributed by atoms with Gasteiger partial charge < -0.3 is 20.1 Å². The SMILES string of the molecule is C[C@H]1CN([C@@H](C)CO)S(=O)(=O)c2ccc(-c3ccc(C#N)cc3)cc2O[C@H]1CN(C)C(=O)Nc1cc(F)ccc1F. The van der Waals surface area contributed by atoms with Gasteiger partial charge in [0.05, 0.1) is 30.5 Å². The minimum atomic E-state index is -4.08. The van der Waals surface area contributed by atoms with E-state index >= 15 is 0 Å². The fourth-order valence-corrected chi connectivity index (χ4v) is 6.34. The number of carbonyl (C=O) groups is 1. The molecule has 12 heteroatoms. The van der Waals surface area contributed by atoms with E-state index in [1.807, 2.05) is 0 Å². The van der Waals surface area contributed by atoms with Crippen molar-refractivity contribution in [2.45, 2.75) is 30.9 Å². The molecular formula is C29H30F2N4O5S. The van der Waals surface area contributed by atoms with Gasteiger partial charge in [0.2, 0.25) is 10.0 Å². The van der Waals surface area contributed by atoms with Crippen molar-refractivity contribution in [1.29, 1.82) is 5.26 Å². The monoisotopic (exact) mass is 584 g/mol. The van der Waals surface area contributed by atoms with Crippen LogP contribution in [0.25, 0.3) is 11.1 Å². The lowest BCUT2D eigenvalue weighted by Crippen LogP contribution is -2.50. The third-order valence-electron chi connectivity index (χ3n) is 6.98. The van der Waals surface area contributed by atoms with Gasteiger partial charge in [0, 0.05) is 31.6 Å². The number of nitrogens with one attached hydrogen (secondary N) is 1. The molecule has 3 atom stereocenters. The molecule has 4 rings (SSSR count). The first kappa shape index (κ1) is 29.9. The van der Waals surface area contributed by atoms with E-state index in [9.17, 15) is 27.1 Å². The Hall–Kier alpha value is -4.05. The van der Waals surface area contributed by atoms with Gasteiger partial charge in [-0.3, -0.25) is 0 Å². The van der Waals surface area contributed by atoms with Crippen LogP contribution in [0.1, 0.15) is 19.4 Å². The van der Waals surface area contributed by atoms with Gasteiger partial charge in [-0.25, -0.2) is 22.0 Å². The second kappa shape index (κ2) is 12.2. The number of benzene rings is 3. The number of aliphatic hydroxyl groups is 1. The van der Waals surface area contributed by atoms with Gasteiger partial charge in [-0.2, -0.15) is 9.57 Å². The maximum absolute atomic E-state index is 14.1. The molecule has 41 heavy (non-hydrogen) atoms. The van der Waals surface area contributed by atoms with Gasteiger partial charge in [0.25, 0.3) is 0 Å². The number of nitriles is 1. The van der Waals surface area contributed by atoms with E-state index in [4.69, 9.17) is 10.00 Å². The number of nitrogens with zero attached hydrogens (tertiary/aromatic N) is 3. The molecule has 0 bridgehead atoms. The third kappa shape index (κ3) is 6.48. The number of anilines is 1. The fraction of sp³-hybridized carbons (Fsp3) is 0.310. The number of hydrogen-bond acceptors (Lipinski definition) is 6. The summed E-state index contributed by atoms with van der Waals surface area (Å²) in [6, 6.07) is 14.8. The predicted octanol–water partition coefficient (Wildman–Crippen LogP) is 4.44. The maximum Gasteiger partial charge on any atom is 0.321 e. The molecule has 1 aliphatic rings. The maximum atomic E-state index is 14.1. The Morgan fingerprint density at radius 3 is 2.51 bits per heavy atom. The number of amides is 2. The molecule has 2 N–H and O–H groups in total. The Morgan fingerprint density at radius 2 is 1.85 bits per heavy atom. The van der Waals surface area contributed by atoms with Crippen LogP contribution in [0.4, 0.5) is 19.3 Å². The summed E-state index contributed by atoms with van der Waals surface area (Å²) in [6.07, 6.45) is -0.720. The highest BCUT2D eigenvalue weighted by atomic mass is 32.2. The lowest BCUT2D eigenvalue weighted by atomic mass is 10.0. The van der Waals surface area contributed by atoms with E-state index in [1.54, 1.807) is 50.2 Å². The van der Waals surface area contributed by atoms with Crippen molar-refractivity contribution >= 4 is 21.7 Å².